The van der Waals surface area contributed by atoms with Crippen molar-refractivity contribution < 1.29 is 24.4 Å². The largest absolute Gasteiger partial charge is 0.462 e. The highest BCUT2D eigenvalue weighted by Crippen LogP contribution is 2.70. The molecular weight excluding hydrogens is 332 g/mol. The van der Waals surface area contributed by atoms with Crippen molar-refractivity contribution in [2.24, 2.45) is 22.7 Å². The molecular formula is C21H30O5. The number of ether oxygens (including phenoxy) is 1. The predicted molar refractivity (Wildman–Crippen MR) is 93.8 cm³/mol. The Morgan fingerprint density at radius 2 is 1.96 bits per heavy atom. The second-order valence-corrected chi connectivity index (χ2v) is 10.1. The summed E-state index contributed by atoms with van der Waals surface area (Å²) >= 11 is 0. The van der Waals surface area contributed by atoms with Crippen molar-refractivity contribution in [2.45, 2.75) is 89.6 Å². The molecule has 2 saturated carbocycles. The Morgan fingerprint density at radius 1 is 1.19 bits per heavy atom. The van der Waals surface area contributed by atoms with Crippen LogP contribution in [0.5, 0.6) is 0 Å². The first-order chi connectivity index (χ1) is 12.2. The van der Waals surface area contributed by atoms with Crippen molar-refractivity contribution in [3.05, 3.63) is 11.6 Å². The van der Waals surface area contributed by atoms with Crippen LogP contribution < -0.4 is 0 Å². The first-order valence-corrected chi connectivity index (χ1v) is 10.1. The van der Waals surface area contributed by atoms with Crippen molar-refractivity contribution in [1.82, 2.24) is 0 Å². The molecule has 0 aromatic heterocycles. The summed E-state index contributed by atoms with van der Waals surface area (Å²) in [4.78, 5) is 24.7. The minimum absolute atomic E-state index is 0.105. The summed E-state index contributed by atoms with van der Waals surface area (Å²) in [7, 11) is 0. The molecule has 5 fully saturated rings. The highest BCUT2D eigenvalue weighted by atomic mass is 17.2. The van der Waals surface area contributed by atoms with E-state index in [2.05, 4.69) is 33.8 Å². The number of fused-ring (bicyclic) bond motifs is 5. The molecule has 5 heteroatoms. The van der Waals surface area contributed by atoms with E-state index in [0.717, 1.165) is 31.3 Å². The topological polar surface area (TPSA) is 65.0 Å². The van der Waals surface area contributed by atoms with Crippen LogP contribution in [-0.4, -0.2) is 34.5 Å². The van der Waals surface area contributed by atoms with E-state index in [-0.39, 0.29) is 34.7 Å². The number of aliphatic hydroxyl groups is 1. The minimum Gasteiger partial charge on any atom is -0.462 e. The van der Waals surface area contributed by atoms with Gasteiger partial charge in [-0.1, -0.05) is 27.7 Å². The van der Waals surface area contributed by atoms with Gasteiger partial charge in [0.05, 0.1) is 12.5 Å². The monoisotopic (exact) mass is 362 g/mol. The molecule has 3 aliphatic carbocycles. The van der Waals surface area contributed by atoms with Gasteiger partial charge in [-0.3, -0.25) is 4.79 Å². The van der Waals surface area contributed by atoms with Gasteiger partial charge in [-0.15, -0.1) is 0 Å². The third-order valence-corrected chi connectivity index (χ3v) is 8.77. The molecule has 7 aliphatic rings. The molecule has 0 aromatic carbocycles. The van der Waals surface area contributed by atoms with E-state index in [9.17, 15) is 9.90 Å². The quantitative estimate of drug-likeness (QED) is 0.440. The lowest BCUT2D eigenvalue weighted by molar-refractivity contribution is -0.472. The lowest BCUT2D eigenvalue weighted by Gasteiger charge is -2.68. The van der Waals surface area contributed by atoms with Gasteiger partial charge in [0.2, 0.25) is 0 Å². The molecule has 7 atom stereocenters. The van der Waals surface area contributed by atoms with Gasteiger partial charge in [0, 0.05) is 5.41 Å². The van der Waals surface area contributed by atoms with E-state index in [4.69, 9.17) is 14.5 Å². The molecule has 0 aromatic rings. The first-order valence-electron chi connectivity index (χ1n) is 10.1. The van der Waals surface area contributed by atoms with Crippen LogP contribution >= 0.6 is 0 Å². The number of rotatable bonds is 1. The zero-order chi connectivity index (χ0) is 18.5. The van der Waals surface area contributed by atoms with Gasteiger partial charge >= 0.3 is 5.97 Å². The second kappa shape index (κ2) is 4.92. The zero-order valence-electron chi connectivity index (χ0n) is 16.2. The molecule has 4 bridgehead atoms. The molecule has 4 heterocycles. The van der Waals surface area contributed by atoms with Crippen LogP contribution in [0.1, 0.15) is 66.2 Å². The summed E-state index contributed by atoms with van der Waals surface area (Å²) in [6.07, 6.45) is 6.04. The first kappa shape index (κ1) is 17.2. The fourth-order valence-corrected chi connectivity index (χ4v) is 7.09. The van der Waals surface area contributed by atoms with Gasteiger partial charge < -0.3 is 9.84 Å². The average molecular weight is 362 g/mol. The standard InChI is InChI=1S/C21H30O5/c1-12(2)20-7-8-21(26-25-20)13(10-20)14(22)9-15-18(3)6-5-16(19(15,21)4)24-17(23)11-18/h10,12,14-16,22H,5-9,11H2,1-4H3/t14-,15+,16+,18+,19-,20-,21+/m1/s1. The summed E-state index contributed by atoms with van der Waals surface area (Å²) < 4.78 is 5.96. The summed E-state index contributed by atoms with van der Waals surface area (Å²) in [6, 6.07) is 0. The number of carbonyl (C=O) groups excluding carboxylic acids is 1. The van der Waals surface area contributed by atoms with E-state index in [1.165, 1.54) is 0 Å². The van der Waals surface area contributed by atoms with Gasteiger partial charge in [-0.2, -0.15) is 0 Å². The lowest BCUT2D eigenvalue weighted by atomic mass is 9.42. The minimum atomic E-state index is -0.692. The van der Waals surface area contributed by atoms with Gasteiger partial charge in [0.25, 0.3) is 0 Å². The lowest BCUT2D eigenvalue weighted by Crippen LogP contribution is -2.72. The Labute approximate surface area is 155 Å². The molecule has 5 nitrogen and oxygen atoms in total. The van der Waals surface area contributed by atoms with Gasteiger partial charge in [-0.25, -0.2) is 9.78 Å². The molecule has 7 rings (SSSR count). The fraction of sp³-hybridized carbons (Fsp3) is 0.857. The third kappa shape index (κ3) is 1.76. The van der Waals surface area contributed by atoms with Gasteiger partial charge in [0.1, 0.15) is 17.3 Å². The maximum Gasteiger partial charge on any atom is 0.306 e. The molecule has 1 spiro atoms. The number of hydrogen-bond acceptors (Lipinski definition) is 5. The molecule has 0 amide bonds. The Hall–Kier alpha value is -0.910. The number of hydrogen-bond donors (Lipinski definition) is 1. The van der Waals surface area contributed by atoms with E-state index in [0.29, 0.717) is 12.8 Å². The smallest absolute Gasteiger partial charge is 0.306 e. The maximum atomic E-state index is 12.4. The fourth-order valence-electron chi connectivity index (χ4n) is 7.09. The van der Waals surface area contributed by atoms with E-state index in [1.54, 1.807) is 0 Å². The van der Waals surface area contributed by atoms with Crippen molar-refractivity contribution in [2.75, 3.05) is 0 Å². The SMILES string of the molecule is CC(C)[C@]12C=C3[C@H](O)C[C@H]4[C@@]5(C)CC[C@H](OC(=O)C5)[C@]4(C)[C@@]3(CC1)OO2. The summed E-state index contributed by atoms with van der Waals surface area (Å²) in [5.41, 5.74) is -0.711. The van der Waals surface area contributed by atoms with Crippen LogP contribution in [0.15, 0.2) is 11.6 Å². The highest BCUT2D eigenvalue weighted by Gasteiger charge is 2.74. The van der Waals surface area contributed by atoms with E-state index >= 15 is 0 Å². The summed E-state index contributed by atoms with van der Waals surface area (Å²) in [5, 5.41) is 11.1. The molecule has 3 saturated heterocycles. The van der Waals surface area contributed by atoms with Crippen LogP contribution in [0, 0.1) is 22.7 Å². The molecule has 144 valence electrons. The molecule has 0 unspecified atom stereocenters. The third-order valence-electron chi connectivity index (χ3n) is 8.77. The van der Waals surface area contributed by atoms with Gasteiger partial charge in [0.15, 0.2) is 0 Å². The predicted octanol–water partition coefficient (Wildman–Crippen LogP) is 3.30. The maximum absolute atomic E-state index is 12.4. The Morgan fingerprint density at radius 3 is 2.62 bits per heavy atom. The van der Waals surface area contributed by atoms with Crippen LogP contribution in [0.4, 0.5) is 0 Å². The van der Waals surface area contributed by atoms with Crippen molar-refractivity contribution in [3.8, 4) is 0 Å². The molecule has 1 N–H and O–H groups in total. The van der Waals surface area contributed by atoms with Crippen LogP contribution in [0.3, 0.4) is 0 Å². The average Bonchev–Trinajstić information content (AvgIpc) is 2.81. The van der Waals surface area contributed by atoms with E-state index < -0.39 is 17.3 Å². The highest BCUT2D eigenvalue weighted by molar-refractivity contribution is 5.71. The van der Waals surface area contributed by atoms with Crippen molar-refractivity contribution in [1.29, 1.82) is 0 Å². The Bertz CT molecular complexity index is 689. The number of carbonyl (C=O) groups is 1. The molecule has 26 heavy (non-hydrogen) atoms. The molecule has 0 radical (unpaired) electrons. The summed E-state index contributed by atoms with van der Waals surface area (Å²) in [6.45, 7) is 8.68. The zero-order valence-corrected chi connectivity index (χ0v) is 16.2. The van der Waals surface area contributed by atoms with Crippen LogP contribution in [0.2, 0.25) is 0 Å². The summed E-state index contributed by atoms with van der Waals surface area (Å²) in [5.74, 6) is 0.332. The number of esters is 1. The van der Waals surface area contributed by atoms with Gasteiger partial charge in [-0.05, 0) is 61.0 Å². The number of aliphatic hydroxyl groups excluding tert-OH is 1. The Balaban J connectivity index is 1.71. The van der Waals surface area contributed by atoms with E-state index in [1.807, 2.05) is 0 Å². The van der Waals surface area contributed by atoms with Crippen molar-refractivity contribution >= 4 is 5.97 Å². The second-order valence-electron chi connectivity index (χ2n) is 10.1. The van der Waals surface area contributed by atoms with Crippen molar-refractivity contribution in [3.63, 3.8) is 0 Å². The Kier molecular flexibility index (Phi) is 3.26. The normalized spacial score (nSPS) is 55.1. The van der Waals surface area contributed by atoms with Crippen LogP contribution in [-0.2, 0) is 19.3 Å². The molecule has 4 aliphatic heterocycles. The van der Waals surface area contributed by atoms with Crippen LogP contribution in [0.25, 0.3) is 0 Å².